The molecule has 0 saturated heterocycles. The van der Waals surface area contributed by atoms with Gasteiger partial charge in [0, 0.05) is 5.69 Å². The second-order valence-corrected chi connectivity index (χ2v) is 6.35. The molecule has 120 valence electrons. The average Bonchev–Trinajstić information content (AvgIpc) is 2.52. The number of anilines is 1. The van der Waals surface area contributed by atoms with E-state index in [1.807, 2.05) is 32.0 Å². The highest BCUT2D eigenvalue weighted by atomic mass is 16.5. The zero-order chi connectivity index (χ0) is 16.2. The molecule has 0 heterocycles. The van der Waals surface area contributed by atoms with Gasteiger partial charge >= 0.3 is 0 Å². The van der Waals surface area contributed by atoms with Gasteiger partial charge in [-0.05, 0) is 86.1 Å². The number of rotatable bonds is 4. The van der Waals surface area contributed by atoms with Crippen molar-refractivity contribution < 1.29 is 9.53 Å². The maximum absolute atomic E-state index is 12.1. The summed E-state index contributed by atoms with van der Waals surface area (Å²) in [6.07, 6.45) is 4.78. The first-order chi connectivity index (χ1) is 11.1. The van der Waals surface area contributed by atoms with E-state index in [0.29, 0.717) is 0 Å². The van der Waals surface area contributed by atoms with E-state index >= 15 is 0 Å². The van der Waals surface area contributed by atoms with Crippen molar-refractivity contribution >= 4 is 11.6 Å². The van der Waals surface area contributed by atoms with Crippen molar-refractivity contribution in [3.8, 4) is 5.75 Å². The fourth-order valence-electron chi connectivity index (χ4n) is 3.19. The van der Waals surface area contributed by atoms with E-state index in [1.54, 1.807) is 0 Å². The highest BCUT2D eigenvalue weighted by molar-refractivity contribution is 5.92. The summed E-state index contributed by atoms with van der Waals surface area (Å²) in [5.41, 5.74) is 5.88. The van der Waals surface area contributed by atoms with Crippen molar-refractivity contribution in [2.75, 3.05) is 11.9 Å². The second kappa shape index (κ2) is 6.86. The van der Waals surface area contributed by atoms with E-state index in [2.05, 4.69) is 23.5 Å². The van der Waals surface area contributed by atoms with E-state index < -0.39 is 0 Å². The summed E-state index contributed by atoms with van der Waals surface area (Å²) in [4.78, 5) is 12.1. The van der Waals surface area contributed by atoms with Crippen LogP contribution in [0.4, 0.5) is 5.69 Å². The van der Waals surface area contributed by atoms with Crippen molar-refractivity contribution in [1.82, 2.24) is 0 Å². The van der Waals surface area contributed by atoms with Crippen LogP contribution in [0.2, 0.25) is 0 Å². The summed E-state index contributed by atoms with van der Waals surface area (Å²) in [5.74, 6) is 0.647. The molecule has 3 rings (SSSR count). The Bertz CT molecular complexity index is 701. The van der Waals surface area contributed by atoms with Crippen LogP contribution in [0, 0.1) is 13.8 Å². The molecule has 0 atom stereocenters. The normalized spacial score (nSPS) is 13.3. The van der Waals surface area contributed by atoms with Gasteiger partial charge in [-0.2, -0.15) is 0 Å². The molecule has 0 spiro atoms. The predicted molar refractivity (Wildman–Crippen MR) is 93.1 cm³/mol. The largest absolute Gasteiger partial charge is 0.484 e. The van der Waals surface area contributed by atoms with E-state index in [1.165, 1.54) is 24.0 Å². The summed E-state index contributed by atoms with van der Waals surface area (Å²) in [6.45, 7) is 4.07. The number of carbonyl (C=O) groups excluding carboxylic acids is 1. The molecule has 1 aliphatic carbocycles. The van der Waals surface area contributed by atoms with Gasteiger partial charge in [-0.3, -0.25) is 4.79 Å². The summed E-state index contributed by atoms with van der Waals surface area (Å²) >= 11 is 0. The number of benzene rings is 2. The fraction of sp³-hybridized carbons (Fsp3) is 0.350. The third-order valence-corrected chi connectivity index (χ3v) is 4.20. The summed E-state index contributed by atoms with van der Waals surface area (Å²) < 4.78 is 5.65. The number of hydrogen-bond donors (Lipinski definition) is 1. The molecule has 0 unspecified atom stereocenters. The number of carbonyl (C=O) groups is 1. The Morgan fingerprint density at radius 2 is 1.70 bits per heavy atom. The van der Waals surface area contributed by atoms with E-state index in [0.717, 1.165) is 35.4 Å². The number of amides is 1. The lowest BCUT2D eigenvalue weighted by Crippen LogP contribution is -2.20. The molecule has 3 heteroatoms. The molecule has 2 aromatic rings. The number of hydrogen-bond acceptors (Lipinski definition) is 2. The van der Waals surface area contributed by atoms with Crippen molar-refractivity contribution in [1.29, 1.82) is 0 Å². The van der Waals surface area contributed by atoms with Crippen LogP contribution in [-0.4, -0.2) is 12.5 Å². The quantitative estimate of drug-likeness (QED) is 0.919. The molecule has 0 aliphatic heterocycles. The SMILES string of the molecule is Cc1cc(C)cc(NC(=O)COc2ccc3c(c2)CCCC3)c1. The van der Waals surface area contributed by atoms with Gasteiger partial charge in [0.15, 0.2) is 6.61 Å². The van der Waals surface area contributed by atoms with Gasteiger partial charge in [0.2, 0.25) is 0 Å². The molecule has 2 aromatic carbocycles. The van der Waals surface area contributed by atoms with Gasteiger partial charge in [0.25, 0.3) is 5.91 Å². The Balaban J connectivity index is 1.58. The molecule has 0 bridgehead atoms. The van der Waals surface area contributed by atoms with Crippen molar-refractivity contribution in [2.24, 2.45) is 0 Å². The van der Waals surface area contributed by atoms with Crippen LogP contribution in [0.15, 0.2) is 36.4 Å². The molecule has 0 saturated carbocycles. The predicted octanol–water partition coefficient (Wildman–Crippen LogP) is 4.20. The van der Waals surface area contributed by atoms with Crippen LogP contribution in [0.25, 0.3) is 0 Å². The first kappa shape index (κ1) is 15.6. The Morgan fingerprint density at radius 1 is 1.00 bits per heavy atom. The molecule has 1 amide bonds. The molecule has 3 nitrogen and oxygen atoms in total. The lowest BCUT2D eigenvalue weighted by molar-refractivity contribution is -0.118. The molecular formula is C20H23NO2. The van der Waals surface area contributed by atoms with E-state index in [9.17, 15) is 4.79 Å². The van der Waals surface area contributed by atoms with Gasteiger partial charge in [-0.1, -0.05) is 12.1 Å². The summed E-state index contributed by atoms with van der Waals surface area (Å²) in [7, 11) is 0. The maximum Gasteiger partial charge on any atom is 0.262 e. The van der Waals surface area contributed by atoms with E-state index in [-0.39, 0.29) is 12.5 Å². The van der Waals surface area contributed by atoms with E-state index in [4.69, 9.17) is 4.74 Å². The first-order valence-corrected chi connectivity index (χ1v) is 8.23. The third kappa shape index (κ3) is 4.13. The monoisotopic (exact) mass is 309 g/mol. The molecule has 0 radical (unpaired) electrons. The van der Waals surface area contributed by atoms with Gasteiger partial charge in [0.05, 0.1) is 0 Å². The molecule has 0 aromatic heterocycles. The fourth-order valence-corrected chi connectivity index (χ4v) is 3.19. The number of fused-ring (bicyclic) bond motifs is 1. The van der Waals surface area contributed by atoms with Crippen LogP contribution in [0.1, 0.15) is 35.1 Å². The van der Waals surface area contributed by atoms with Crippen LogP contribution < -0.4 is 10.1 Å². The Hall–Kier alpha value is -2.29. The van der Waals surface area contributed by atoms with Crippen molar-refractivity contribution in [3.63, 3.8) is 0 Å². The number of aryl methyl sites for hydroxylation is 4. The van der Waals surface area contributed by atoms with Gasteiger partial charge in [0.1, 0.15) is 5.75 Å². The second-order valence-electron chi connectivity index (χ2n) is 6.35. The lowest BCUT2D eigenvalue weighted by atomic mass is 9.92. The van der Waals surface area contributed by atoms with Crippen molar-refractivity contribution in [2.45, 2.75) is 39.5 Å². The molecular weight excluding hydrogens is 286 g/mol. The zero-order valence-electron chi connectivity index (χ0n) is 13.8. The van der Waals surface area contributed by atoms with Crippen molar-refractivity contribution in [3.05, 3.63) is 58.7 Å². The van der Waals surface area contributed by atoms with Gasteiger partial charge in [-0.15, -0.1) is 0 Å². The minimum Gasteiger partial charge on any atom is -0.484 e. The van der Waals surface area contributed by atoms with Crippen LogP contribution >= 0.6 is 0 Å². The maximum atomic E-state index is 12.1. The third-order valence-electron chi connectivity index (χ3n) is 4.20. The molecule has 0 fully saturated rings. The molecule has 1 N–H and O–H groups in total. The standard InChI is InChI=1S/C20H23NO2/c1-14-9-15(2)11-18(10-14)21-20(22)13-23-19-8-7-16-5-3-4-6-17(16)12-19/h7-12H,3-6,13H2,1-2H3,(H,21,22). The van der Waals surface area contributed by atoms with Crippen LogP contribution in [0.3, 0.4) is 0 Å². The Morgan fingerprint density at radius 3 is 2.43 bits per heavy atom. The lowest BCUT2D eigenvalue weighted by Gasteiger charge is -2.16. The summed E-state index contributed by atoms with van der Waals surface area (Å²) in [5, 5.41) is 2.89. The highest BCUT2D eigenvalue weighted by Gasteiger charge is 2.11. The minimum absolute atomic E-state index is 0.0335. The zero-order valence-corrected chi connectivity index (χ0v) is 13.8. The highest BCUT2D eigenvalue weighted by Crippen LogP contribution is 2.25. The molecule has 1 aliphatic rings. The summed E-state index contributed by atoms with van der Waals surface area (Å²) in [6, 6.07) is 12.2. The molecule has 23 heavy (non-hydrogen) atoms. The number of ether oxygens (including phenoxy) is 1. The topological polar surface area (TPSA) is 38.3 Å². The van der Waals surface area contributed by atoms with Crippen LogP contribution in [0.5, 0.6) is 5.75 Å². The smallest absolute Gasteiger partial charge is 0.262 e. The Kier molecular flexibility index (Phi) is 4.65. The minimum atomic E-state index is -0.132. The van der Waals surface area contributed by atoms with Gasteiger partial charge < -0.3 is 10.1 Å². The van der Waals surface area contributed by atoms with Gasteiger partial charge in [-0.25, -0.2) is 0 Å². The average molecular weight is 309 g/mol. The first-order valence-electron chi connectivity index (χ1n) is 8.23. The Labute approximate surface area is 137 Å². The number of nitrogens with one attached hydrogen (secondary N) is 1. The van der Waals surface area contributed by atoms with Crippen LogP contribution in [-0.2, 0) is 17.6 Å².